The number of anilines is 1. The van der Waals surface area contributed by atoms with Gasteiger partial charge in [-0.15, -0.1) is 0 Å². The molecule has 1 aliphatic rings. The van der Waals surface area contributed by atoms with Crippen molar-refractivity contribution >= 4 is 17.3 Å². The second kappa shape index (κ2) is 6.88. The summed E-state index contributed by atoms with van der Waals surface area (Å²) in [4.78, 5) is 26.1. The maximum atomic E-state index is 14.1. The zero-order valence-electron chi connectivity index (χ0n) is 13.8. The van der Waals surface area contributed by atoms with Gasteiger partial charge in [-0.1, -0.05) is 17.7 Å². The van der Waals surface area contributed by atoms with Crippen LogP contribution in [0.2, 0.25) is 0 Å². The van der Waals surface area contributed by atoms with Crippen LogP contribution < -0.4 is 4.90 Å². The standard InChI is InChI=1S/C18H18FN3O3/c1-13-2-4-14(5-3-13)18(23)21-10-8-20(9-11-21)17-7-6-15(22(24)25)12-16(17)19/h2-7,12H,8-11H2,1H3. The van der Waals surface area contributed by atoms with Crippen LogP contribution in [0.5, 0.6) is 0 Å². The summed E-state index contributed by atoms with van der Waals surface area (Å²) in [6, 6.07) is 11.1. The van der Waals surface area contributed by atoms with Crippen molar-refractivity contribution in [2.24, 2.45) is 0 Å². The normalized spacial score (nSPS) is 14.5. The molecule has 1 aliphatic heterocycles. The predicted molar refractivity (Wildman–Crippen MR) is 92.3 cm³/mol. The minimum atomic E-state index is -0.620. The molecule has 0 bridgehead atoms. The molecule has 130 valence electrons. The molecule has 0 aliphatic carbocycles. The van der Waals surface area contributed by atoms with Gasteiger partial charge in [-0.25, -0.2) is 4.39 Å². The number of non-ortho nitro benzene ring substituents is 1. The number of benzene rings is 2. The highest BCUT2D eigenvalue weighted by molar-refractivity contribution is 5.94. The Labute approximate surface area is 144 Å². The third-order valence-electron chi connectivity index (χ3n) is 4.35. The summed E-state index contributed by atoms with van der Waals surface area (Å²) in [7, 11) is 0. The first kappa shape index (κ1) is 16.9. The van der Waals surface area contributed by atoms with Gasteiger partial charge in [0.1, 0.15) is 0 Å². The van der Waals surface area contributed by atoms with E-state index in [-0.39, 0.29) is 11.6 Å². The number of piperazine rings is 1. The first-order chi connectivity index (χ1) is 12.0. The molecule has 0 spiro atoms. The zero-order valence-corrected chi connectivity index (χ0v) is 13.8. The van der Waals surface area contributed by atoms with E-state index in [4.69, 9.17) is 0 Å². The fourth-order valence-corrected chi connectivity index (χ4v) is 2.89. The molecule has 7 heteroatoms. The van der Waals surface area contributed by atoms with Gasteiger partial charge in [0.05, 0.1) is 16.7 Å². The number of carbonyl (C=O) groups is 1. The number of halogens is 1. The van der Waals surface area contributed by atoms with E-state index in [0.29, 0.717) is 37.4 Å². The van der Waals surface area contributed by atoms with Crippen LogP contribution in [0.15, 0.2) is 42.5 Å². The van der Waals surface area contributed by atoms with Gasteiger partial charge >= 0.3 is 0 Å². The van der Waals surface area contributed by atoms with E-state index in [1.807, 2.05) is 19.1 Å². The smallest absolute Gasteiger partial charge is 0.272 e. The van der Waals surface area contributed by atoms with Crippen molar-refractivity contribution < 1.29 is 14.1 Å². The topological polar surface area (TPSA) is 66.7 Å². The molecule has 0 N–H and O–H groups in total. The van der Waals surface area contributed by atoms with Crippen LogP contribution in [0.3, 0.4) is 0 Å². The average Bonchev–Trinajstić information content (AvgIpc) is 2.62. The highest BCUT2D eigenvalue weighted by Crippen LogP contribution is 2.25. The van der Waals surface area contributed by atoms with Gasteiger partial charge in [-0.2, -0.15) is 0 Å². The molecule has 2 aromatic rings. The van der Waals surface area contributed by atoms with E-state index < -0.39 is 10.7 Å². The molecule has 0 radical (unpaired) electrons. The Morgan fingerprint density at radius 1 is 1.08 bits per heavy atom. The van der Waals surface area contributed by atoms with Crippen molar-refractivity contribution in [2.75, 3.05) is 31.1 Å². The molecule has 6 nitrogen and oxygen atoms in total. The highest BCUT2D eigenvalue weighted by Gasteiger charge is 2.24. The van der Waals surface area contributed by atoms with Crippen molar-refractivity contribution in [1.29, 1.82) is 0 Å². The Morgan fingerprint density at radius 2 is 1.72 bits per heavy atom. The molecule has 3 rings (SSSR count). The zero-order chi connectivity index (χ0) is 18.0. The largest absolute Gasteiger partial charge is 0.366 e. The maximum Gasteiger partial charge on any atom is 0.272 e. The first-order valence-corrected chi connectivity index (χ1v) is 8.00. The van der Waals surface area contributed by atoms with E-state index in [2.05, 4.69) is 0 Å². The second-order valence-electron chi connectivity index (χ2n) is 6.04. The van der Waals surface area contributed by atoms with E-state index >= 15 is 0 Å². The molecular formula is C18H18FN3O3. The van der Waals surface area contributed by atoms with Crippen LogP contribution in [0.4, 0.5) is 15.8 Å². The molecule has 1 heterocycles. The number of nitrogens with zero attached hydrogens (tertiary/aromatic N) is 3. The summed E-state index contributed by atoms with van der Waals surface area (Å²) < 4.78 is 14.1. The van der Waals surface area contributed by atoms with Gasteiger partial charge in [0.25, 0.3) is 11.6 Å². The Morgan fingerprint density at radius 3 is 2.28 bits per heavy atom. The van der Waals surface area contributed by atoms with Crippen LogP contribution in [-0.2, 0) is 0 Å². The quantitative estimate of drug-likeness (QED) is 0.635. The number of amides is 1. The monoisotopic (exact) mass is 343 g/mol. The van der Waals surface area contributed by atoms with E-state index in [0.717, 1.165) is 11.6 Å². The average molecular weight is 343 g/mol. The summed E-state index contributed by atoms with van der Waals surface area (Å²) in [5.74, 6) is -0.656. The number of nitro groups is 1. The molecule has 1 fully saturated rings. The number of carbonyl (C=O) groups excluding carboxylic acids is 1. The fourth-order valence-electron chi connectivity index (χ4n) is 2.89. The van der Waals surface area contributed by atoms with Crippen LogP contribution in [0.25, 0.3) is 0 Å². The summed E-state index contributed by atoms with van der Waals surface area (Å²) in [6.45, 7) is 3.87. The lowest BCUT2D eigenvalue weighted by molar-refractivity contribution is -0.385. The van der Waals surface area contributed by atoms with Gasteiger partial charge in [-0.05, 0) is 25.1 Å². The lowest BCUT2D eigenvalue weighted by Crippen LogP contribution is -2.49. The third-order valence-corrected chi connectivity index (χ3v) is 4.35. The molecule has 0 unspecified atom stereocenters. The summed E-state index contributed by atoms with van der Waals surface area (Å²) in [6.07, 6.45) is 0. The Bertz CT molecular complexity index is 800. The molecular weight excluding hydrogens is 325 g/mol. The molecule has 25 heavy (non-hydrogen) atoms. The van der Waals surface area contributed by atoms with Gasteiger partial charge in [0.2, 0.25) is 0 Å². The molecule has 1 saturated heterocycles. The maximum absolute atomic E-state index is 14.1. The van der Waals surface area contributed by atoms with E-state index in [1.165, 1.54) is 12.1 Å². The SMILES string of the molecule is Cc1ccc(C(=O)N2CCN(c3ccc([N+](=O)[O-])cc3F)CC2)cc1. The molecule has 0 atom stereocenters. The Balaban J connectivity index is 1.66. The number of aryl methyl sites for hydroxylation is 1. The van der Waals surface area contributed by atoms with Crippen LogP contribution in [-0.4, -0.2) is 41.9 Å². The van der Waals surface area contributed by atoms with Crippen molar-refractivity contribution in [1.82, 2.24) is 4.90 Å². The fraction of sp³-hybridized carbons (Fsp3) is 0.278. The van der Waals surface area contributed by atoms with Gasteiger partial charge in [0.15, 0.2) is 5.82 Å². The van der Waals surface area contributed by atoms with Gasteiger partial charge in [-0.3, -0.25) is 14.9 Å². The molecule has 1 amide bonds. The summed E-state index contributed by atoms with van der Waals surface area (Å²) >= 11 is 0. The van der Waals surface area contributed by atoms with Crippen molar-refractivity contribution in [3.63, 3.8) is 0 Å². The van der Waals surface area contributed by atoms with Gasteiger partial charge in [0, 0.05) is 37.8 Å². The summed E-state index contributed by atoms with van der Waals surface area (Å²) in [5.41, 5.74) is 1.79. The third kappa shape index (κ3) is 3.60. The number of hydrogen-bond acceptors (Lipinski definition) is 4. The number of hydrogen-bond donors (Lipinski definition) is 0. The minimum absolute atomic E-state index is 0.0381. The molecule has 0 aromatic heterocycles. The first-order valence-electron chi connectivity index (χ1n) is 8.00. The Hall–Kier alpha value is -2.96. The number of rotatable bonds is 3. The molecule has 0 saturated carbocycles. The summed E-state index contributed by atoms with van der Waals surface area (Å²) in [5, 5.41) is 10.7. The highest BCUT2D eigenvalue weighted by atomic mass is 19.1. The predicted octanol–water partition coefficient (Wildman–Crippen LogP) is 3.00. The van der Waals surface area contributed by atoms with Crippen LogP contribution in [0.1, 0.15) is 15.9 Å². The van der Waals surface area contributed by atoms with Crippen LogP contribution >= 0.6 is 0 Å². The lowest BCUT2D eigenvalue weighted by atomic mass is 10.1. The molecule has 2 aromatic carbocycles. The second-order valence-corrected chi connectivity index (χ2v) is 6.04. The van der Waals surface area contributed by atoms with Crippen LogP contribution in [0, 0.1) is 22.9 Å². The van der Waals surface area contributed by atoms with E-state index in [9.17, 15) is 19.3 Å². The van der Waals surface area contributed by atoms with Gasteiger partial charge < -0.3 is 9.80 Å². The van der Waals surface area contributed by atoms with Crippen molar-refractivity contribution in [3.8, 4) is 0 Å². The van der Waals surface area contributed by atoms with E-state index in [1.54, 1.807) is 21.9 Å². The minimum Gasteiger partial charge on any atom is -0.366 e. The van der Waals surface area contributed by atoms with Crippen molar-refractivity contribution in [2.45, 2.75) is 6.92 Å². The number of nitro benzene ring substituents is 1. The lowest BCUT2D eigenvalue weighted by Gasteiger charge is -2.36. The van der Waals surface area contributed by atoms with Crippen molar-refractivity contribution in [3.05, 3.63) is 69.5 Å². The Kier molecular flexibility index (Phi) is 4.65.